The Balaban J connectivity index is 2.30. The second-order valence-electron chi connectivity index (χ2n) is 6.28. The molecule has 0 aliphatic carbocycles. The Labute approximate surface area is 173 Å². The second-order valence-corrected chi connectivity index (χ2v) is 7.30. The summed E-state index contributed by atoms with van der Waals surface area (Å²) in [5, 5.41) is 2.98. The Morgan fingerprint density at radius 1 is 1.24 bits per heavy atom. The number of hydrogen-bond donors (Lipinski definition) is 1. The lowest BCUT2D eigenvalue weighted by Crippen LogP contribution is -2.21. The molecule has 0 atom stereocenters. The first kappa shape index (κ1) is 22.2. The third kappa shape index (κ3) is 5.45. The summed E-state index contributed by atoms with van der Waals surface area (Å²) in [4.78, 5) is 39.0. The van der Waals surface area contributed by atoms with Gasteiger partial charge < -0.3 is 19.7 Å². The van der Waals surface area contributed by atoms with Crippen LogP contribution >= 0.6 is 11.3 Å². The first-order valence-corrected chi connectivity index (χ1v) is 9.75. The summed E-state index contributed by atoms with van der Waals surface area (Å²) in [6.45, 7) is 3.55. The van der Waals surface area contributed by atoms with Crippen LogP contribution in [0.1, 0.15) is 38.1 Å². The highest BCUT2D eigenvalue weighted by atomic mass is 32.1. The van der Waals surface area contributed by atoms with Gasteiger partial charge in [0.15, 0.2) is 0 Å². The quantitative estimate of drug-likeness (QED) is 0.551. The lowest BCUT2D eigenvalue weighted by molar-refractivity contribution is -0.111. The van der Waals surface area contributed by atoms with Gasteiger partial charge in [0.25, 0.3) is 5.91 Å². The predicted octanol–water partition coefficient (Wildman–Crippen LogP) is 3.60. The maximum absolute atomic E-state index is 12.4. The number of amides is 2. The minimum atomic E-state index is -0.578. The van der Waals surface area contributed by atoms with Gasteiger partial charge in [-0.1, -0.05) is 12.1 Å². The molecule has 0 unspecified atom stereocenters. The smallest absolute Gasteiger partial charge is 0.341 e. The number of anilines is 1. The molecule has 29 heavy (non-hydrogen) atoms. The fourth-order valence-electron chi connectivity index (χ4n) is 2.53. The van der Waals surface area contributed by atoms with E-state index < -0.39 is 11.9 Å². The van der Waals surface area contributed by atoms with Crippen LogP contribution in [0.4, 0.5) is 5.00 Å². The van der Waals surface area contributed by atoms with Gasteiger partial charge in [-0.05, 0) is 43.2 Å². The van der Waals surface area contributed by atoms with Crippen molar-refractivity contribution in [2.45, 2.75) is 13.8 Å². The van der Waals surface area contributed by atoms with Crippen LogP contribution in [0.25, 0.3) is 6.08 Å². The highest BCUT2D eigenvalue weighted by Crippen LogP contribution is 2.34. The molecule has 1 heterocycles. The number of thiophene rings is 1. The first-order chi connectivity index (χ1) is 13.8. The van der Waals surface area contributed by atoms with E-state index in [2.05, 4.69) is 5.32 Å². The largest absolute Gasteiger partial charge is 0.497 e. The number of ether oxygens (including phenoxy) is 2. The molecule has 1 aromatic heterocycles. The molecule has 0 spiro atoms. The van der Waals surface area contributed by atoms with E-state index in [1.54, 1.807) is 53.3 Å². The molecule has 0 radical (unpaired) electrons. The fraction of sp³-hybridized carbons (Fsp3) is 0.286. The monoisotopic (exact) mass is 416 g/mol. The highest BCUT2D eigenvalue weighted by Gasteiger charge is 2.27. The number of carbonyl (C=O) groups is 3. The molecule has 0 saturated heterocycles. The molecular weight excluding hydrogens is 392 g/mol. The van der Waals surface area contributed by atoms with Crippen molar-refractivity contribution in [2.24, 2.45) is 0 Å². The number of carbonyl (C=O) groups excluding carboxylic acids is 3. The van der Waals surface area contributed by atoms with Gasteiger partial charge in [0.2, 0.25) is 5.91 Å². The van der Waals surface area contributed by atoms with E-state index in [9.17, 15) is 14.4 Å². The lowest BCUT2D eigenvalue weighted by Gasteiger charge is -2.09. The van der Waals surface area contributed by atoms with Gasteiger partial charge >= 0.3 is 5.97 Å². The van der Waals surface area contributed by atoms with Crippen molar-refractivity contribution in [1.29, 1.82) is 0 Å². The van der Waals surface area contributed by atoms with Crippen LogP contribution in [0.15, 0.2) is 30.3 Å². The number of nitrogens with one attached hydrogen (secondary N) is 1. The summed E-state index contributed by atoms with van der Waals surface area (Å²) in [5.74, 6) is -0.571. The molecule has 2 amide bonds. The molecule has 1 N–H and O–H groups in total. The highest BCUT2D eigenvalue weighted by molar-refractivity contribution is 7.18. The maximum atomic E-state index is 12.4. The summed E-state index contributed by atoms with van der Waals surface area (Å²) in [6, 6.07) is 7.24. The zero-order chi connectivity index (χ0) is 21.6. The van der Waals surface area contributed by atoms with Gasteiger partial charge in [-0.3, -0.25) is 9.59 Å². The summed E-state index contributed by atoms with van der Waals surface area (Å²) in [6.07, 6.45) is 2.99. The number of nitrogens with zero attached hydrogens (tertiary/aromatic N) is 1. The van der Waals surface area contributed by atoms with Crippen molar-refractivity contribution in [1.82, 2.24) is 4.90 Å². The Morgan fingerprint density at radius 2 is 1.97 bits per heavy atom. The van der Waals surface area contributed by atoms with Crippen LogP contribution in [-0.2, 0) is 9.53 Å². The SMILES string of the molecule is CCOC(=O)c1c(NC(=O)C=Cc2cccc(OC)c2)sc(C(=O)N(C)C)c1C. The van der Waals surface area contributed by atoms with Crippen molar-refractivity contribution in [3.63, 3.8) is 0 Å². The zero-order valence-corrected chi connectivity index (χ0v) is 17.9. The van der Waals surface area contributed by atoms with Crippen LogP contribution in [0, 0.1) is 6.92 Å². The average Bonchev–Trinajstić information content (AvgIpc) is 3.01. The molecule has 1 aromatic carbocycles. The Hall–Kier alpha value is -3.13. The minimum Gasteiger partial charge on any atom is -0.497 e. The van der Waals surface area contributed by atoms with Crippen LogP contribution in [0.3, 0.4) is 0 Å². The molecule has 8 heteroatoms. The third-order valence-corrected chi connectivity index (χ3v) is 5.18. The van der Waals surface area contributed by atoms with Gasteiger partial charge in [-0.25, -0.2) is 4.79 Å². The van der Waals surface area contributed by atoms with Crippen molar-refractivity contribution >= 4 is 40.2 Å². The second kappa shape index (κ2) is 9.88. The number of rotatable bonds is 7. The van der Waals surface area contributed by atoms with Gasteiger partial charge in [0.05, 0.1) is 24.2 Å². The van der Waals surface area contributed by atoms with E-state index in [1.807, 2.05) is 12.1 Å². The molecule has 7 nitrogen and oxygen atoms in total. The van der Waals surface area contributed by atoms with Crippen LogP contribution < -0.4 is 10.1 Å². The van der Waals surface area contributed by atoms with Gasteiger partial charge in [-0.2, -0.15) is 0 Å². The number of hydrogen-bond acceptors (Lipinski definition) is 6. The van der Waals surface area contributed by atoms with Crippen molar-refractivity contribution < 1.29 is 23.9 Å². The van der Waals surface area contributed by atoms with Crippen molar-refractivity contribution in [3.8, 4) is 5.75 Å². The molecule has 0 fully saturated rings. The third-order valence-electron chi connectivity index (χ3n) is 3.98. The minimum absolute atomic E-state index is 0.189. The van der Waals surface area contributed by atoms with Crippen molar-refractivity contribution in [2.75, 3.05) is 33.1 Å². The average molecular weight is 416 g/mol. The van der Waals surface area contributed by atoms with Crippen LogP contribution in [0.5, 0.6) is 5.75 Å². The lowest BCUT2D eigenvalue weighted by atomic mass is 10.1. The Kier molecular flexibility index (Phi) is 7.55. The zero-order valence-electron chi connectivity index (χ0n) is 17.1. The topological polar surface area (TPSA) is 84.9 Å². The molecule has 2 rings (SSSR count). The van der Waals surface area contributed by atoms with E-state index in [0.717, 1.165) is 16.9 Å². The summed E-state index contributed by atoms with van der Waals surface area (Å²) in [7, 11) is 4.82. The molecular formula is C21H24N2O5S. The normalized spacial score (nSPS) is 10.7. The van der Waals surface area contributed by atoms with E-state index in [1.165, 1.54) is 11.0 Å². The van der Waals surface area contributed by atoms with Crippen molar-refractivity contribution in [3.05, 3.63) is 51.9 Å². The van der Waals surface area contributed by atoms with Crippen LogP contribution in [0.2, 0.25) is 0 Å². The van der Waals surface area contributed by atoms with Gasteiger partial charge in [-0.15, -0.1) is 11.3 Å². The molecule has 0 aliphatic rings. The summed E-state index contributed by atoms with van der Waals surface area (Å²) < 4.78 is 10.3. The Bertz CT molecular complexity index is 947. The van der Waals surface area contributed by atoms with E-state index in [0.29, 0.717) is 16.2 Å². The standard InChI is InChI=1S/C21H24N2O5S/c1-6-28-21(26)17-13(2)18(20(25)23(3)4)29-19(17)22-16(24)11-10-14-8-7-9-15(12-14)27-5/h7-12H,6H2,1-5H3,(H,22,24). The molecule has 0 bridgehead atoms. The number of benzene rings is 1. The van der Waals surface area contributed by atoms with E-state index in [4.69, 9.17) is 9.47 Å². The Morgan fingerprint density at radius 3 is 2.59 bits per heavy atom. The molecule has 154 valence electrons. The summed E-state index contributed by atoms with van der Waals surface area (Å²) in [5.41, 5.74) is 1.47. The van der Waals surface area contributed by atoms with Crippen LogP contribution in [-0.4, -0.2) is 50.5 Å². The fourth-order valence-corrected chi connectivity index (χ4v) is 3.75. The molecule has 0 saturated carbocycles. The maximum Gasteiger partial charge on any atom is 0.341 e. The molecule has 2 aromatic rings. The predicted molar refractivity (Wildman–Crippen MR) is 114 cm³/mol. The number of esters is 1. The van der Waals surface area contributed by atoms with E-state index in [-0.39, 0.29) is 23.1 Å². The summed E-state index contributed by atoms with van der Waals surface area (Å²) >= 11 is 1.05. The van der Waals surface area contributed by atoms with Gasteiger partial charge in [0.1, 0.15) is 10.8 Å². The van der Waals surface area contributed by atoms with E-state index >= 15 is 0 Å². The first-order valence-electron chi connectivity index (χ1n) is 8.93. The van der Waals surface area contributed by atoms with Gasteiger partial charge in [0, 0.05) is 20.2 Å². The molecule has 0 aliphatic heterocycles. The number of methoxy groups -OCH3 is 1.